The number of nitrogens with one attached hydrogen (secondary N) is 1. The van der Waals surface area contributed by atoms with Crippen LogP contribution in [-0.2, 0) is 19.1 Å². The molecule has 34 heavy (non-hydrogen) atoms. The summed E-state index contributed by atoms with van der Waals surface area (Å²) in [5.74, 6) is -1.74. The average molecular weight is 467 g/mol. The van der Waals surface area contributed by atoms with Crippen LogP contribution in [0.25, 0.3) is 11.1 Å². The van der Waals surface area contributed by atoms with Crippen molar-refractivity contribution in [2.24, 2.45) is 5.92 Å². The Labute approximate surface area is 198 Å². The number of amides is 2. The first-order valence-electron chi connectivity index (χ1n) is 11.5. The summed E-state index contributed by atoms with van der Waals surface area (Å²) in [6.45, 7) is 3.97. The lowest BCUT2D eigenvalue weighted by atomic mass is 9.98. The third-order valence-electron chi connectivity index (χ3n) is 6.87. The molecule has 2 atom stereocenters. The molecule has 1 saturated heterocycles. The van der Waals surface area contributed by atoms with Gasteiger partial charge in [0.1, 0.15) is 12.6 Å². The minimum absolute atomic E-state index is 0.0622. The third kappa shape index (κ3) is 4.25. The zero-order valence-corrected chi connectivity index (χ0v) is 19.6. The number of benzene rings is 2. The second kappa shape index (κ2) is 9.46. The molecule has 1 heterocycles. The number of ether oxygens (including phenoxy) is 2. The number of carboxylic acids is 1. The number of aliphatic carboxylic acids is 1. The van der Waals surface area contributed by atoms with Crippen LogP contribution in [0, 0.1) is 5.92 Å². The SMILES string of the molecule is COC1(C(=O)O)CCN(C(=O)C(NC(=O)OCC2c3ccccc3-c3ccccc32)C(C)C)C1. The van der Waals surface area contributed by atoms with E-state index in [1.807, 2.05) is 50.2 Å². The molecule has 2 aromatic carbocycles. The molecule has 8 heteroatoms. The molecule has 8 nitrogen and oxygen atoms in total. The van der Waals surface area contributed by atoms with Gasteiger partial charge in [-0.25, -0.2) is 9.59 Å². The quantitative estimate of drug-likeness (QED) is 0.649. The summed E-state index contributed by atoms with van der Waals surface area (Å²) >= 11 is 0. The maximum absolute atomic E-state index is 13.1. The van der Waals surface area contributed by atoms with E-state index in [0.717, 1.165) is 22.3 Å². The number of hydrogen-bond acceptors (Lipinski definition) is 5. The molecule has 1 fully saturated rings. The molecule has 4 rings (SSSR count). The predicted octanol–water partition coefficient (Wildman–Crippen LogP) is 3.25. The lowest BCUT2D eigenvalue weighted by molar-refractivity contribution is -0.161. The van der Waals surface area contributed by atoms with Gasteiger partial charge in [-0.3, -0.25) is 4.79 Å². The molecule has 0 spiro atoms. The second-order valence-corrected chi connectivity index (χ2v) is 9.20. The number of rotatable bonds is 7. The van der Waals surface area contributed by atoms with Crippen LogP contribution in [-0.4, -0.2) is 66.4 Å². The molecule has 2 unspecified atom stereocenters. The van der Waals surface area contributed by atoms with E-state index in [9.17, 15) is 19.5 Å². The highest BCUT2D eigenvalue weighted by molar-refractivity contribution is 5.88. The number of carboxylic acid groups (broad SMARTS) is 1. The van der Waals surface area contributed by atoms with E-state index in [2.05, 4.69) is 17.4 Å². The lowest BCUT2D eigenvalue weighted by Crippen LogP contribution is -2.52. The van der Waals surface area contributed by atoms with Gasteiger partial charge in [0.25, 0.3) is 0 Å². The topological polar surface area (TPSA) is 105 Å². The van der Waals surface area contributed by atoms with Crippen molar-refractivity contribution >= 4 is 18.0 Å². The highest BCUT2D eigenvalue weighted by Gasteiger charge is 2.48. The van der Waals surface area contributed by atoms with E-state index in [0.29, 0.717) is 0 Å². The standard InChI is InChI=1S/C26H30N2O6/c1-16(2)22(23(29)28-13-12-26(15-28,33-3)24(30)31)27-25(32)34-14-21-19-10-6-4-8-17(19)18-9-5-7-11-20(18)21/h4-11,16,21-22H,12-15H2,1-3H3,(H,27,32)(H,30,31). The Morgan fingerprint density at radius 2 is 1.68 bits per heavy atom. The molecule has 0 saturated carbocycles. The van der Waals surface area contributed by atoms with Crippen molar-refractivity contribution in [3.05, 3.63) is 59.7 Å². The van der Waals surface area contributed by atoms with Gasteiger partial charge in [-0.05, 0) is 28.2 Å². The third-order valence-corrected chi connectivity index (χ3v) is 6.87. The van der Waals surface area contributed by atoms with Crippen molar-refractivity contribution < 1.29 is 29.0 Å². The van der Waals surface area contributed by atoms with E-state index < -0.39 is 23.7 Å². The van der Waals surface area contributed by atoms with Gasteiger partial charge in [0.05, 0.1) is 6.54 Å². The van der Waals surface area contributed by atoms with Crippen LogP contribution in [0.15, 0.2) is 48.5 Å². The molecule has 2 N–H and O–H groups in total. The molecule has 0 bridgehead atoms. The van der Waals surface area contributed by atoms with E-state index in [-0.39, 0.29) is 43.9 Å². The van der Waals surface area contributed by atoms with E-state index in [1.165, 1.54) is 12.0 Å². The van der Waals surface area contributed by atoms with Crippen molar-refractivity contribution in [1.82, 2.24) is 10.2 Å². The molecule has 2 aromatic rings. The molecule has 2 amide bonds. The van der Waals surface area contributed by atoms with Gasteiger partial charge in [0.2, 0.25) is 5.91 Å². The summed E-state index contributed by atoms with van der Waals surface area (Å²) in [6, 6.07) is 15.3. The second-order valence-electron chi connectivity index (χ2n) is 9.20. The number of fused-ring (bicyclic) bond motifs is 3. The summed E-state index contributed by atoms with van der Waals surface area (Å²) in [5, 5.41) is 12.2. The van der Waals surface area contributed by atoms with Crippen molar-refractivity contribution in [2.75, 3.05) is 26.8 Å². The Kier molecular flexibility index (Phi) is 6.61. The first kappa shape index (κ1) is 23.8. The number of hydrogen-bond donors (Lipinski definition) is 2. The first-order chi connectivity index (χ1) is 16.3. The first-order valence-corrected chi connectivity index (χ1v) is 11.5. The zero-order chi connectivity index (χ0) is 24.5. The Morgan fingerprint density at radius 3 is 2.18 bits per heavy atom. The van der Waals surface area contributed by atoms with Crippen LogP contribution in [0.3, 0.4) is 0 Å². The van der Waals surface area contributed by atoms with Gasteiger partial charge >= 0.3 is 12.1 Å². The molecule has 1 aliphatic carbocycles. The Balaban J connectivity index is 1.42. The van der Waals surface area contributed by atoms with Gasteiger partial charge in [-0.15, -0.1) is 0 Å². The maximum atomic E-state index is 13.1. The van der Waals surface area contributed by atoms with Gasteiger partial charge in [0, 0.05) is 26.0 Å². The Bertz CT molecular complexity index is 1050. The molecule has 1 aliphatic heterocycles. The number of carbonyl (C=O) groups excluding carboxylic acids is 2. The average Bonchev–Trinajstić information content (AvgIpc) is 3.41. The van der Waals surface area contributed by atoms with Crippen LogP contribution < -0.4 is 5.32 Å². The lowest BCUT2D eigenvalue weighted by Gasteiger charge is -2.28. The van der Waals surface area contributed by atoms with Crippen LogP contribution in [0.5, 0.6) is 0 Å². The Hall–Kier alpha value is -3.39. The summed E-state index contributed by atoms with van der Waals surface area (Å²) in [5.41, 5.74) is 3.07. The fourth-order valence-electron chi connectivity index (χ4n) is 4.88. The summed E-state index contributed by atoms with van der Waals surface area (Å²) in [7, 11) is 1.33. The summed E-state index contributed by atoms with van der Waals surface area (Å²) < 4.78 is 10.8. The number of alkyl carbamates (subject to hydrolysis) is 1. The monoisotopic (exact) mass is 466 g/mol. The highest BCUT2D eigenvalue weighted by Crippen LogP contribution is 2.44. The van der Waals surface area contributed by atoms with Gasteiger partial charge in [-0.2, -0.15) is 0 Å². The van der Waals surface area contributed by atoms with Gasteiger partial charge in [0.15, 0.2) is 5.60 Å². The van der Waals surface area contributed by atoms with Crippen LogP contribution in [0.2, 0.25) is 0 Å². The molecular weight excluding hydrogens is 436 g/mol. The zero-order valence-electron chi connectivity index (χ0n) is 19.6. The van der Waals surface area contributed by atoms with Gasteiger partial charge < -0.3 is 24.8 Å². The minimum Gasteiger partial charge on any atom is -0.479 e. The maximum Gasteiger partial charge on any atom is 0.407 e. The van der Waals surface area contributed by atoms with E-state index in [4.69, 9.17) is 9.47 Å². The minimum atomic E-state index is -1.42. The fourth-order valence-corrected chi connectivity index (χ4v) is 4.88. The van der Waals surface area contributed by atoms with Gasteiger partial charge in [-0.1, -0.05) is 62.4 Å². The molecule has 2 aliphatic rings. The van der Waals surface area contributed by atoms with E-state index >= 15 is 0 Å². The van der Waals surface area contributed by atoms with Crippen molar-refractivity contribution in [3.8, 4) is 11.1 Å². The Morgan fingerprint density at radius 1 is 1.09 bits per heavy atom. The molecular formula is C26H30N2O6. The fraction of sp³-hybridized carbons (Fsp3) is 0.423. The predicted molar refractivity (Wildman–Crippen MR) is 125 cm³/mol. The van der Waals surface area contributed by atoms with Crippen LogP contribution in [0.4, 0.5) is 4.79 Å². The van der Waals surface area contributed by atoms with Crippen molar-refractivity contribution in [1.29, 1.82) is 0 Å². The molecule has 0 aromatic heterocycles. The van der Waals surface area contributed by atoms with Crippen LogP contribution >= 0.6 is 0 Å². The highest BCUT2D eigenvalue weighted by atomic mass is 16.5. The molecule has 0 radical (unpaired) electrons. The van der Waals surface area contributed by atoms with E-state index in [1.54, 1.807) is 0 Å². The van der Waals surface area contributed by atoms with Crippen LogP contribution in [0.1, 0.15) is 37.3 Å². The van der Waals surface area contributed by atoms with Crippen molar-refractivity contribution in [2.45, 2.75) is 37.8 Å². The summed E-state index contributed by atoms with van der Waals surface area (Å²) in [4.78, 5) is 38.9. The number of methoxy groups -OCH3 is 1. The number of carbonyl (C=O) groups is 3. The normalized spacial score (nSPS) is 20.1. The number of nitrogens with zero attached hydrogens (tertiary/aromatic N) is 1. The number of likely N-dealkylation sites (tertiary alicyclic amines) is 1. The smallest absolute Gasteiger partial charge is 0.407 e. The molecule has 180 valence electrons. The summed E-state index contributed by atoms with van der Waals surface area (Å²) in [6.07, 6.45) is -0.482. The van der Waals surface area contributed by atoms with Crippen molar-refractivity contribution in [3.63, 3.8) is 0 Å². The largest absolute Gasteiger partial charge is 0.479 e.